The number of halogens is 1. The Hall–Kier alpha value is -2.01. The molecule has 0 bridgehead atoms. The molecule has 1 aliphatic rings. The predicted octanol–water partition coefficient (Wildman–Crippen LogP) is 3.07. The standard InChI is InChI=1S/C17H15BrN2O2/c1-10-7-12(18)4-5-13(10)16-14(8-15(21)20-17(16)22)11-3-2-6-19-9-11/h2-7,9,14,16H,8H2,1H3,(H,20,21,22). The highest BCUT2D eigenvalue weighted by molar-refractivity contribution is 9.10. The molecule has 0 aliphatic carbocycles. The van der Waals surface area contributed by atoms with Gasteiger partial charge < -0.3 is 0 Å². The van der Waals surface area contributed by atoms with Crippen LogP contribution in [0.5, 0.6) is 0 Å². The van der Waals surface area contributed by atoms with Crippen molar-refractivity contribution in [2.45, 2.75) is 25.2 Å². The molecule has 112 valence electrons. The molecule has 0 saturated carbocycles. The fourth-order valence-corrected chi connectivity index (χ4v) is 3.49. The zero-order chi connectivity index (χ0) is 15.7. The second-order valence-corrected chi connectivity index (χ2v) is 6.40. The van der Waals surface area contributed by atoms with Gasteiger partial charge in [0.05, 0.1) is 5.92 Å². The van der Waals surface area contributed by atoms with Gasteiger partial charge in [-0.3, -0.25) is 19.9 Å². The summed E-state index contributed by atoms with van der Waals surface area (Å²) in [7, 11) is 0. The van der Waals surface area contributed by atoms with E-state index in [4.69, 9.17) is 0 Å². The number of pyridine rings is 1. The fourth-order valence-electron chi connectivity index (χ4n) is 3.02. The Labute approximate surface area is 137 Å². The van der Waals surface area contributed by atoms with Crippen LogP contribution < -0.4 is 5.32 Å². The third kappa shape index (κ3) is 2.81. The van der Waals surface area contributed by atoms with Crippen molar-refractivity contribution in [1.29, 1.82) is 0 Å². The van der Waals surface area contributed by atoms with Gasteiger partial charge in [0.25, 0.3) is 0 Å². The van der Waals surface area contributed by atoms with E-state index in [1.165, 1.54) is 0 Å². The monoisotopic (exact) mass is 358 g/mol. The number of piperidine rings is 1. The first kappa shape index (κ1) is 14.9. The van der Waals surface area contributed by atoms with Crippen molar-refractivity contribution in [3.05, 3.63) is 63.9 Å². The number of nitrogens with one attached hydrogen (secondary N) is 1. The number of benzene rings is 1. The second-order valence-electron chi connectivity index (χ2n) is 5.49. The van der Waals surface area contributed by atoms with E-state index in [1.54, 1.807) is 12.4 Å². The smallest absolute Gasteiger partial charge is 0.234 e. The summed E-state index contributed by atoms with van der Waals surface area (Å²) in [6.45, 7) is 1.98. The topological polar surface area (TPSA) is 59.1 Å². The molecule has 0 spiro atoms. The van der Waals surface area contributed by atoms with E-state index in [1.807, 2.05) is 37.3 Å². The van der Waals surface area contributed by atoms with Crippen LogP contribution in [0.1, 0.15) is 34.9 Å². The predicted molar refractivity (Wildman–Crippen MR) is 86.4 cm³/mol. The Morgan fingerprint density at radius 1 is 1.27 bits per heavy atom. The molecule has 22 heavy (non-hydrogen) atoms. The molecular formula is C17H15BrN2O2. The summed E-state index contributed by atoms with van der Waals surface area (Å²) in [5.74, 6) is -1.04. The highest BCUT2D eigenvalue weighted by atomic mass is 79.9. The third-order valence-electron chi connectivity index (χ3n) is 4.03. The van der Waals surface area contributed by atoms with Crippen LogP contribution >= 0.6 is 15.9 Å². The first-order valence-corrected chi connectivity index (χ1v) is 7.85. The lowest BCUT2D eigenvalue weighted by Gasteiger charge is -2.31. The summed E-state index contributed by atoms with van der Waals surface area (Å²) in [5.41, 5.74) is 2.89. The highest BCUT2D eigenvalue weighted by Crippen LogP contribution is 2.39. The van der Waals surface area contributed by atoms with Crippen LogP contribution in [0.15, 0.2) is 47.2 Å². The van der Waals surface area contributed by atoms with Crippen molar-refractivity contribution >= 4 is 27.7 Å². The minimum absolute atomic E-state index is 0.185. The lowest BCUT2D eigenvalue weighted by atomic mass is 9.76. The van der Waals surface area contributed by atoms with Gasteiger partial charge in [-0.2, -0.15) is 0 Å². The minimum Gasteiger partial charge on any atom is -0.296 e. The van der Waals surface area contributed by atoms with Gasteiger partial charge in [0.1, 0.15) is 0 Å². The molecule has 1 saturated heterocycles. The van der Waals surface area contributed by atoms with Gasteiger partial charge in [-0.05, 0) is 41.8 Å². The summed E-state index contributed by atoms with van der Waals surface area (Å²) < 4.78 is 0.971. The zero-order valence-corrected chi connectivity index (χ0v) is 13.6. The number of carbonyl (C=O) groups excluding carboxylic acids is 2. The average molecular weight is 359 g/mol. The van der Waals surface area contributed by atoms with Crippen LogP contribution in [0, 0.1) is 6.92 Å². The van der Waals surface area contributed by atoms with E-state index in [2.05, 4.69) is 26.2 Å². The van der Waals surface area contributed by atoms with E-state index < -0.39 is 0 Å². The molecular weight excluding hydrogens is 344 g/mol. The van der Waals surface area contributed by atoms with Gasteiger partial charge in [-0.15, -0.1) is 0 Å². The summed E-state index contributed by atoms with van der Waals surface area (Å²) >= 11 is 3.44. The Bertz CT molecular complexity index is 731. The first-order valence-electron chi connectivity index (χ1n) is 7.06. The summed E-state index contributed by atoms with van der Waals surface area (Å²) in [5, 5.41) is 2.46. The highest BCUT2D eigenvalue weighted by Gasteiger charge is 2.38. The van der Waals surface area contributed by atoms with Gasteiger partial charge >= 0.3 is 0 Å². The van der Waals surface area contributed by atoms with E-state index in [9.17, 15) is 9.59 Å². The number of hydrogen-bond donors (Lipinski definition) is 1. The quantitative estimate of drug-likeness (QED) is 0.839. The molecule has 1 fully saturated rings. The molecule has 1 aliphatic heterocycles. The van der Waals surface area contributed by atoms with Crippen molar-refractivity contribution in [2.75, 3.05) is 0 Å². The second kappa shape index (κ2) is 6.01. The van der Waals surface area contributed by atoms with Crippen molar-refractivity contribution < 1.29 is 9.59 Å². The van der Waals surface area contributed by atoms with Crippen LogP contribution in [0.4, 0.5) is 0 Å². The Morgan fingerprint density at radius 2 is 2.09 bits per heavy atom. The lowest BCUT2D eigenvalue weighted by molar-refractivity contribution is -0.135. The van der Waals surface area contributed by atoms with Crippen LogP contribution in [0.3, 0.4) is 0 Å². The number of aryl methyl sites for hydroxylation is 1. The van der Waals surface area contributed by atoms with E-state index in [0.717, 1.165) is 21.2 Å². The summed E-state index contributed by atoms with van der Waals surface area (Å²) in [6, 6.07) is 9.61. The largest absolute Gasteiger partial charge is 0.296 e. The van der Waals surface area contributed by atoms with E-state index in [-0.39, 0.29) is 30.1 Å². The molecule has 2 amide bonds. The van der Waals surface area contributed by atoms with Crippen LogP contribution in [0.2, 0.25) is 0 Å². The van der Waals surface area contributed by atoms with Crippen molar-refractivity contribution in [1.82, 2.24) is 10.3 Å². The number of imide groups is 1. The molecule has 2 aromatic rings. The SMILES string of the molecule is Cc1cc(Br)ccc1C1C(=O)NC(=O)CC1c1cccnc1. The minimum atomic E-state index is -0.380. The van der Waals surface area contributed by atoms with Gasteiger partial charge in [0, 0.05) is 29.2 Å². The number of hydrogen-bond acceptors (Lipinski definition) is 3. The molecule has 5 heteroatoms. The van der Waals surface area contributed by atoms with Gasteiger partial charge in [-0.1, -0.05) is 28.1 Å². The molecule has 2 unspecified atom stereocenters. The van der Waals surface area contributed by atoms with E-state index >= 15 is 0 Å². The van der Waals surface area contributed by atoms with Crippen LogP contribution in [0.25, 0.3) is 0 Å². The summed E-state index contributed by atoms with van der Waals surface area (Å²) in [4.78, 5) is 28.4. The summed E-state index contributed by atoms with van der Waals surface area (Å²) in [6.07, 6.45) is 3.71. The van der Waals surface area contributed by atoms with Crippen LogP contribution in [-0.2, 0) is 9.59 Å². The first-order chi connectivity index (χ1) is 10.6. The maximum Gasteiger partial charge on any atom is 0.234 e. The fraction of sp³-hybridized carbons (Fsp3) is 0.235. The molecule has 1 aromatic carbocycles. The lowest BCUT2D eigenvalue weighted by Crippen LogP contribution is -2.43. The number of amides is 2. The number of nitrogens with zero attached hydrogens (tertiary/aromatic N) is 1. The Balaban J connectivity index is 2.08. The molecule has 1 N–H and O–H groups in total. The molecule has 3 rings (SSSR count). The normalized spacial score (nSPS) is 21.5. The van der Waals surface area contributed by atoms with Crippen LogP contribution in [-0.4, -0.2) is 16.8 Å². The third-order valence-corrected chi connectivity index (χ3v) is 4.53. The van der Waals surface area contributed by atoms with Gasteiger partial charge in [-0.25, -0.2) is 0 Å². The maximum absolute atomic E-state index is 12.5. The van der Waals surface area contributed by atoms with Crippen molar-refractivity contribution in [2.24, 2.45) is 0 Å². The maximum atomic E-state index is 12.5. The Kier molecular flexibility index (Phi) is 4.07. The van der Waals surface area contributed by atoms with E-state index in [0.29, 0.717) is 0 Å². The number of carbonyl (C=O) groups is 2. The molecule has 2 heterocycles. The van der Waals surface area contributed by atoms with Crippen molar-refractivity contribution in [3.63, 3.8) is 0 Å². The number of rotatable bonds is 2. The Morgan fingerprint density at radius 3 is 2.77 bits per heavy atom. The van der Waals surface area contributed by atoms with Crippen molar-refractivity contribution in [3.8, 4) is 0 Å². The zero-order valence-electron chi connectivity index (χ0n) is 12.0. The number of aromatic nitrogens is 1. The molecule has 2 atom stereocenters. The van der Waals surface area contributed by atoms with Gasteiger partial charge in [0.15, 0.2) is 0 Å². The average Bonchev–Trinajstić information content (AvgIpc) is 2.49. The van der Waals surface area contributed by atoms with Gasteiger partial charge in [0.2, 0.25) is 11.8 Å². The molecule has 1 aromatic heterocycles. The molecule has 4 nitrogen and oxygen atoms in total. The molecule has 0 radical (unpaired) electrons.